The number of halogens is 3. The van der Waals surface area contributed by atoms with E-state index in [0.717, 1.165) is 25.9 Å². The van der Waals surface area contributed by atoms with Gasteiger partial charge < -0.3 is 10.6 Å². The zero-order valence-electron chi connectivity index (χ0n) is 9.92. The van der Waals surface area contributed by atoms with Crippen molar-refractivity contribution in [3.05, 3.63) is 0 Å². The van der Waals surface area contributed by atoms with E-state index >= 15 is 0 Å². The van der Waals surface area contributed by atoms with Crippen molar-refractivity contribution >= 4 is 11.8 Å². The fourth-order valence-electron chi connectivity index (χ4n) is 1.97. The van der Waals surface area contributed by atoms with Gasteiger partial charge in [0.15, 0.2) is 0 Å². The van der Waals surface area contributed by atoms with E-state index < -0.39 is 6.36 Å². The van der Waals surface area contributed by atoms with E-state index in [1.807, 2.05) is 11.2 Å². The van der Waals surface area contributed by atoms with Gasteiger partial charge in [-0.1, -0.05) is 0 Å². The van der Waals surface area contributed by atoms with E-state index in [4.69, 9.17) is 5.73 Å². The topological polar surface area (TPSA) is 38.5 Å². The van der Waals surface area contributed by atoms with Gasteiger partial charge >= 0.3 is 6.36 Å². The highest BCUT2D eigenvalue weighted by molar-refractivity contribution is 8.00. The Bertz CT molecular complexity index is 224. The Morgan fingerprint density at radius 3 is 2.35 bits per heavy atom. The SMILES string of the molecule is CSC1(CN)CCN(CCOC(F)(F)F)CC1. The molecule has 0 aromatic heterocycles. The standard InChI is InChI=1S/C10H19F3N2OS/c1-17-9(8-14)2-4-15(5-3-9)6-7-16-10(11,12)13/h2-8,14H2,1H3. The second-order valence-electron chi connectivity index (χ2n) is 4.23. The minimum Gasteiger partial charge on any atom is -0.329 e. The number of piperidine rings is 1. The van der Waals surface area contributed by atoms with E-state index in [-0.39, 0.29) is 11.4 Å². The average Bonchev–Trinajstić information content (AvgIpc) is 2.29. The van der Waals surface area contributed by atoms with Crippen LogP contribution in [0.15, 0.2) is 0 Å². The number of nitrogens with zero attached hydrogens (tertiary/aromatic N) is 1. The Labute approximate surface area is 104 Å². The smallest absolute Gasteiger partial charge is 0.329 e. The summed E-state index contributed by atoms with van der Waals surface area (Å²) in [5.41, 5.74) is 5.74. The van der Waals surface area contributed by atoms with Gasteiger partial charge in [-0.05, 0) is 32.2 Å². The first-order chi connectivity index (χ1) is 7.91. The normalized spacial score (nSPS) is 21.7. The first-order valence-electron chi connectivity index (χ1n) is 5.59. The van der Waals surface area contributed by atoms with Crippen molar-refractivity contribution in [3.63, 3.8) is 0 Å². The van der Waals surface area contributed by atoms with Gasteiger partial charge in [0.1, 0.15) is 0 Å². The van der Waals surface area contributed by atoms with Crippen molar-refractivity contribution in [2.24, 2.45) is 5.73 Å². The Hall–Kier alpha value is 0.0200. The molecule has 1 rings (SSSR count). The van der Waals surface area contributed by atoms with Crippen LogP contribution in [0.4, 0.5) is 13.2 Å². The van der Waals surface area contributed by atoms with E-state index in [1.54, 1.807) is 11.8 Å². The van der Waals surface area contributed by atoms with Gasteiger partial charge in [0.05, 0.1) is 6.61 Å². The lowest BCUT2D eigenvalue weighted by molar-refractivity contribution is -0.325. The van der Waals surface area contributed by atoms with Crippen LogP contribution in [0.3, 0.4) is 0 Å². The molecule has 2 N–H and O–H groups in total. The first-order valence-corrected chi connectivity index (χ1v) is 6.81. The largest absolute Gasteiger partial charge is 0.522 e. The molecule has 0 saturated carbocycles. The number of nitrogens with two attached hydrogens (primary N) is 1. The lowest BCUT2D eigenvalue weighted by Gasteiger charge is -2.40. The van der Waals surface area contributed by atoms with Crippen molar-refractivity contribution in [1.29, 1.82) is 0 Å². The molecule has 0 aromatic rings. The molecule has 17 heavy (non-hydrogen) atoms. The van der Waals surface area contributed by atoms with E-state index in [0.29, 0.717) is 13.1 Å². The second kappa shape index (κ2) is 6.26. The van der Waals surface area contributed by atoms with Gasteiger partial charge in [0.2, 0.25) is 0 Å². The minimum atomic E-state index is -4.52. The van der Waals surface area contributed by atoms with Crippen LogP contribution in [0.2, 0.25) is 0 Å². The molecule has 1 aliphatic rings. The predicted molar refractivity (Wildman–Crippen MR) is 63.0 cm³/mol. The summed E-state index contributed by atoms with van der Waals surface area (Å²) in [4.78, 5) is 2.00. The highest BCUT2D eigenvalue weighted by Crippen LogP contribution is 2.33. The van der Waals surface area contributed by atoms with Crippen molar-refractivity contribution in [2.45, 2.75) is 24.0 Å². The summed E-state index contributed by atoms with van der Waals surface area (Å²) in [5.74, 6) is 0. The van der Waals surface area contributed by atoms with E-state index in [9.17, 15) is 13.2 Å². The molecule has 0 unspecified atom stereocenters. The molecule has 0 aromatic carbocycles. The molecule has 1 heterocycles. The van der Waals surface area contributed by atoms with Crippen LogP contribution in [-0.4, -0.2) is 55.1 Å². The minimum absolute atomic E-state index is 0.112. The van der Waals surface area contributed by atoms with Crippen LogP contribution >= 0.6 is 11.8 Å². The molecule has 3 nitrogen and oxygen atoms in total. The molecular weight excluding hydrogens is 253 g/mol. The van der Waals surface area contributed by atoms with E-state index in [1.165, 1.54) is 0 Å². The number of ether oxygens (including phenoxy) is 1. The molecule has 0 bridgehead atoms. The summed E-state index contributed by atoms with van der Waals surface area (Å²) in [6.45, 7) is 2.24. The Morgan fingerprint density at radius 2 is 1.94 bits per heavy atom. The lowest BCUT2D eigenvalue weighted by Crippen LogP contribution is -2.47. The predicted octanol–water partition coefficient (Wildman–Crippen LogP) is 1.68. The Morgan fingerprint density at radius 1 is 1.35 bits per heavy atom. The quantitative estimate of drug-likeness (QED) is 0.826. The van der Waals surface area contributed by atoms with Crippen LogP contribution in [0, 0.1) is 0 Å². The Kier molecular flexibility index (Phi) is 5.56. The third-order valence-electron chi connectivity index (χ3n) is 3.25. The maximum absolute atomic E-state index is 11.8. The summed E-state index contributed by atoms with van der Waals surface area (Å²) >= 11 is 1.76. The number of likely N-dealkylation sites (tertiary alicyclic amines) is 1. The van der Waals surface area contributed by atoms with Gasteiger partial charge in [-0.15, -0.1) is 13.2 Å². The van der Waals surface area contributed by atoms with Gasteiger partial charge in [0.25, 0.3) is 0 Å². The summed E-state index contributed by atoms with van der Waals surface area (Å²) in [6, 6.07) is 0. The van der Waals surface area contributed by atoms with Crippen LogP contribution in [-0.2, 0) is 4.74 Å². The number of thioether (sulfide) groups is 1. The zero-order chi connectivity index (χ0) is 12.9. The van der Waals surface area contributed by atoms with Crippen molar-refractivity contribution < 1.29 is 17.9 Å². The lowest BCUT2D eigenvalue weighted by atomic mass is 9.96. The molecule has 102 valence electrons. The summed E-state index contributed by atoms with van der Waals surface area (Å²) in [6.07, 6.45) is -0.626. The average molecular weight is 272 g/mol. The highest BCUT2D eigenvalue weighted by Gasteiger charge is 2.33. The number of hydrogen-bond donors (Lipinski definition) is 1. The maximum Gasteiger partial charge on any atom is 0.522 e. The van der Waals surface area contributed by atoms with Crippen molar-refractivity contribution in [2.75, 3.05) is 39.0 Å². The summed E-state index contributed by atoms with van der Waals surface area (Å²) in [7, 11) is 0. The zero-order valence-corrected chi connectivity index (χ0v) is 10.7. The van der Waals surface area contributed by atoms with Gasteiger partial charge in [-0.25, -0.2) is 0 Å². The third-order valence-corrected chi connectivity index (χ3v) is 4.69. The van der Waals surface area contributed by atoms with Crippen molar-refractivity contribution in [1.82, 2.24) is 4.90 Å². The number of hydrogen-bond acceptors (Lipinski definition) is 4. The number of alkyl halides is 3. The molecule has 1 fully saturated rings. The van der Waals surface area contributed by atoms with Gasteiger partial charge in [-0.2, -0.15) is 11.8 Å². The molecule has 1 saturated heterocycles. The van der Waals surface area contributed by atoms with Crippen molar-refractivity contribution in [3.8, 4) is 0 Å². The van der Waals surface area contributed by atoms with Crippen LogP contribution in [0.1, 0.15) is 12.8 Å². The summed E-state index contributed by atoms with van der Waals surface area (Å²) in [5, 5.41) is 0. The van der Waals surface area contributed by atoms with Crippen LogP contribution < -0.4 is 5.73 Å². The summed E-state index contributed by atoms with van der Waals surface area (Å²) < 4.78 is 39.2. The monoisotopic (exact) mass is 272 g/mol. The molecule has 7 heteroatoms. The molecule has 1 aliphatic heterocycles. The van der Waals surface area contributed by atoms with E-state index in [2.05, 4.69) is 4.74 Å². The molecule has 0 amide bonds. The molecule has 0 atom stereocenters. The second-order valence-corrected chi connectivity index (χ2v) is 5.50. The highest BCUT2D eigenvalue weighted by atomic mass is 32.2. The molecule has 0 spiro atoms. The van der Waals surface area contributed by atoms with Crippen LogP contribution in [0.25, 0.3) is 0 Å². The third kappa shape index (κ3) is 5.03. The Balaban J connectivity index is 2.23. The van der Waals surface area contributed by atoms with Gasteiger partial charge in [-0.3, -0.25) is 4.74 Å². The van der Waals surface area contributed by atoms with Crippen LogP contribution in [0.5, 0.6) is 0 Å². The number of rotatable bonds is 5. The maximum atomic E-state index is 11.8. The molecular formula is C10H19F3N2OS. The fourth-order valence-corrected chi connectivity index (χ4v) is 2.72. The molecule has 0 aliphatic carbocycles. The first kappa shape index (κ1) is 15.1. The molecule has 0 radical (unpaired) electrons. The fraction of sp³-hybridized carbons (Fsp3) is 1.00. The van der Waals surface area contributed by atoms with Gasteiger partial charge in [0, 0.05) is 17.8 Å².